The molecule has 1 heterocycles. The smallest absolute Gasteiger partial charge is 0.319 e. The van der Waals surface area contributed by atoms with Crippen molar-refractivity contribution in [2.45, 2.75) is 37.5 Å². The maximum atomic E-state index is 13.7. The zero-order valence-electron chi connectivity index (χ0n) is 16.8. The molecule has 1 saturated heterocycles. The number of benzene rings is 2. The predicted octanol–water partition coefficient (Wildman–Crippen LogP) is 2.81. The van der Waals surface area contributed by atoms with Gasteiger partial charge in [-0.3, -0.25) is 4.79 Å². The molecule has 166 valence electrons. The summed E-state index contributed by atoms with van der Waals surface area (Å²) in [6, 6.07) is 10.2. The summed E-state index contributed by atoms with van der Waals surface area (Å²) in [7, 11) is 0. The highest BCUT2D eigenvalue weighted by atomic mass is 19.1. The molecule has 4 N–H and O–H groups in total. The fourth-order valence-electron chi connectivity index (χ4n) is 3.47. The van der Waals surface area contributed by atoms with Gasteiger partial charge >= 0.3 is 6.03 Å². The number of rotatable bonds is 7. The number of urea groups is 1. The van der Waals surface area contributed by atoms with Crippen LogP contribution in [0.5, 0.6) is 0 Å². The van der Waals surface area contributed by atoms with Crippen LogP contribution >= 0.6 is 0 Å². The van der Waals surface area contributed by atoms with Crippen molar-refractivity contribution >= 4 is 17.6 Å². The van der Waals surface area contributed by atoms with Crippen LogP contribution in [0, 0.1) is 11.6 Å². The molecule has 1 aliphatic heterocycles. The molecule has 0 aliphatic carbocycles. The van der Waals surface area contributed by atoms with E-state index in [-0.39, 0.29) is 18.3 Å². The zero-order valence-corrected chi connectivity index (χ0v) is 16.8. The Hall–Kier alpha value is -3.04. The van der Waals surface area contributed by atoms with E-state index in [9.17, 15) is 23.5 Å². The first-order valence-corrected chi connectivity index (χ1v) is 10.1. The Kier molecular flexibility index (Phi) is 7.91. The van der Waals surface area contributed by atoms with Gasteiger partial charge in [0.25, 0.3) is 5.91 Å². The molecule has 1 fully saturated rings. The van der Waals surface area contributed by atoms with Crippen molar-refractivity contribution in [2.24, 2.45) is 0 Å². The quantitative estimate of drug-likeness (QED) is 0.540. The lowest BCUT2D eigenvalue weighted by Gasteiger charge is -2.36. The first kappa shape index (κ1) is 22.6. The number of amides is 3. The van der Waals surface area contributed by atoms with Crippen LogP contribution in [0.15, 0.2) is 48.5 Å². The molecule has 3 amide bonds. The maximum Gasteiger partial charge on any atom is 0.319 e. The van der Waals surface area contributed by atoms with Gasteiger partial charge in [0.1, 0.15) is 17.7 Å². The molecular weight excluding hydrogens is 408 g/mol. The fraction of sp³-hybridized carbons (Fsp3) is 0.364. The molecule has 0 aromatic heterocycles. The third-order valence-electron chi connectivity index (χ3n) is 5.08. The third-order valence-corrected chi connectivity index (χ3v) is 5.08. The first-order valence-electron chi connectivity index (χ1n) is 10.1. The number of halogens is 2. The largest absolute Gasteiger partial charge is 0.394 e. The van der Waals surface area contributed by atoms with E-state index in [1.807, 2.05) is 0 Å². The summed E-state index contributed by atoms with van der Waals surface area (Å²) in [4.78, 5) is 24.2. The molecule has 3 rings (SSSR count). The number of anilines is 1. The lowest BCUT2D eigenvalue weighted by molar-refractivity contribution is -0.0886. The van der Waals surface area contributed by atoms with Gasteiger partial charge in [-0.2, -0.15) is 0 Å². The Labute approximate surface area is 178 Å². The van der Waals surface area contributed by atoms with Crippen LogP contribution in [0.4, 0.5) is 19.3 Å². The van der Waals surface area contributed by atoms with Gasteiger partial charge in [0.15, 0.2) is 0 Å². The maximum absolute atomic E-state index is 13.7. The molecule has 0 unspecified atom stereocenters. The van der Waals surface area contributed by atoms with Crippen molar-refractivity contribution < 1.29 is 28.2 Å². The van der Waals surface area contributed by atoms with E-state index in [1.54, 1.807) is 6.07 Å². The Morgan fingerprint density at radius 1 is 1.06 bits per heavy atom. The standard InChI is InChI=1S/C22H25F2N3O4/c23-14-5-7-15(8-6-14)26-22(30)27-19-10-9-16(31-20(19)13-28)11-12-25-21(29)17-3-1-2-4-18(17)24/h1-8,16,19-20,28H,9-13H2,(H,25,29)(H2,26,27,30)/t16-,19+,20+/m0/s1. The van der Waals surface area contributed by atoms with Crippen molar-refractivity contribution in [3.63, 3.8) is 0 Å². The van der Waals surface area contributed by atoms with Crippen LogP contribution in [0.2, 0.25) is 0 Å². The summed E-state index contributed by atoms with van der Waals surface area (Å²) in [5.41, 5.74) is 0.427. The predicted molar refractivity (Wildman–Crippen MR) is 111 cm³/mol. The highest BCUT2D eigenvalue weighted by Crippen LogP contribution is 2.22. The van der Waals surface area contributed by atoms with Crippen LogP contribution < -0.4 is 16.0 Å². The summed E-state index contributed by atoms with van der Waals surface area (Å²) >= 11 is 0. The van der Waals surface area contributed by atoms with Crippen LogP contribution in [0.1, 0.15) is 29.6 Å². The second kappa shape index (κ2) is 10.8. The van der Waals surface area contributed by atoms with Gasteiger partial charge in [0.2, 0.25) is 0 Å². The zero-order chi connectivity index (χ0) is 22.2. The molecule has 0 saturated carbocycles. The lowest BCUT2D eigenvalue weighted by Crippen LogP contribution is -2.52. The summed E-state index contributed by atoms with van der Waals surface area (Å²) < 4.78 is 32.5. The molecular formula is C22H25F2N3O4. The SMILES string of the molecule is O=C(Nc1ccc(F)cc1)N[C@@H]1CC[C@@H](CCNC(=O)c2ccccc2F)O[C@@H]1CO. The molecule has 31 heavy (non-hydrogen) atoms. The number of hydrogen-bond donors (Lipinski definition) is 4. The highest BCUT2D eigenvalue weighted by molar-refractivity contribution is 5.94. The molecule has 0 radical (unpaired) electrons. The normalized spacial score (nSPS) is 20.7. The number of aliphatic hydroxyl groups excluding tert-OH is 1. The Bertz CT molecular complexity index is 895. The van der Waals surface area contributed by atoms with E-state index in [2.05, 4.69) is 16.0 Å². The molecule has 7 nitrogen and oxygen atoms in total. The van der Waals surface area contributed by atoms with Gasteiger partial charge in [0, 0.05) is 12.2 Å². The van der Waals surface area contributed by atoms with E-state index in [0.29, 0.717) is 31.5 Å². The van der Waals surface area contributed by atoms with Crippen molar-refractivity contribution in [3.8, 4) is 0 Å². The van der Waals surface area contributed by atoms with Crippen molar-refractivity contribution in [2.75, 3.05) is 18.5 Å². The first-order chi connectivity index (χ1) is 15.0. The van der Waals surface area contributed by atoms with Crippen LogP contribution in [-0.4, -0.2) is 48.4 Å². The summed E-state index contributed by atoms with van der Waals surface area (Å²) in [5.74, 6) is -1.48. The second-order valence-electron chi connectivity index (χ2n) is 7.29. The fourth-order valence-corrected chi connectivity index (χ4v) is 3.47. The van der Waals surface area contributed by atoms with Gasteiger partial charge in [-0.15, -0.1) is 0 Å². The molecule has 0 bridgehead atoms. The summed E-state index contributed by atoms with van der Waals surface area (Å²) in [6.07, 6.45) is 0.878. The minimum Gasteiger partial charge on any atom is -0.394 e. The Morgan fingerprint density at radius 3 is 2.52 bits per heavy atom. The average Bonchev–Trinajstić information content (AvgIpc) is 2.76. The molecule has 0 spiro atoms. The topological polar surface area (TPSA) is 99.7 Å². The number of hydrogen-bond acceptors (Lipinski definition) is 4. The van der Waals surface area contributed by atoms with E-state index in [1.165, 1.54) is 42.5 Å². The van der Waals surface area contributed by atoms with Gasteiger partial charge in [0.05, 0.1) is 24.3 Å². The lowest BCUT2D eigenvalue weighted by atomic mass is 9.97. The van der Waals surface area contributed by atoms with E-state index in [4.69, 9.17) is 4.74 Å². The molecule has 3 atom stereocenters. The van der Waals surface area contributed by atoms with Gasteiger partial charge in [-0.05, 0) is 55.7 Å². The monoisotopic (exact) mass is 433 g/mol. The van der Waals surface area contributed by atoms with E-state index < -0.39 is 35.7 Å². The van der Waals surface area contributed by atoms with E-state index >= 15 is 0 Å². The number of carbonyl (C=O) groups is 2. The minimum absolute atomic E-state index is 0.0169. The highest BCUT2D eigenvalue weighted by Gasteiger charge is 2.31. The van der Waals surface area contributed by atoms with Crippen molar-refractivity contribution in [1.29, 1.82) is 0 Å². The van der Waals surface area contributed by atoms with Crippen LogP contribution in [-0.2, 0) is 4.74 Å². The van der Waals surface area contributed by atoms with Crippen molar-refractivity contribution in [3.05, 3.63) is 65.7 Å². The van der Waals surface area contributed by atoms with Crippen molar-refractivity contribution in [1.82, 2.24) is 10.6 Å². The number of ether oxygens (including phenoxy) is 1. The summed E-state index contributed by atoms with van der Waals surface area (Å²) in [6.45, 7) is 0.0126. The number of nitrogens with one attached hydrogen (secondary N) is 3. The number of aliphatic hydroxyl groups is 1. The third kappa shape index (κ3) is 6.47. The second-order valence-corrected chi connectivity index (χ2v) is 7.29. The van der Waals surface area contributed by atoms with Crippen LogP contribution in [0.3, 0.4) is 0 Å². The van der Waals surface area contributed by atoms with Gasteiger partial charge < -0.3 is 25.8 Å². The molecule has 2 aromatic carbocycles. The number of carbonyl (C=O) groups excluding carboxylic acids is 2. The minimum atomic E-state index is -0.597. The Balaban J connectivity index is 1.43. The van der Waals surface area contributed by atoms with Gasteiger partial charge in [-0.25, -0.2) is 13.6 Å². The van der Waals surface area contributed by atoms with E-state index in [0.717, 1.165) is 0 Å². The summed E-state index contributed by atoms with van der Waals surface area (Å²) in [5, 5.41) is 17.7. The molecule has 2 aromatic rings. The molecule has 1 aliphatic rings. The average molecular weight is 433 g/mol. The van der Waals surface area contributed by atoms with Gasteiger partial charge in [-0.1, -0.05) is 12.1 Å². The molecule has 9 heteroatoms. The Morgan fingerprint density at radius 2 is 1.81 bits per heavy atom. The van der Waals surface area contributed by atoms with Crippen LogP contribution in [0.25, 0.3) is 0 Å².